The lowest BCUT2D eigenvalue weighted by atomic mass is 9.44. The minimum Gasteiger partial charge on any atom is -0.508 e. The lowest BCUT2D eigenvalue weighted by molar-refractivity contribution is -0.392. The van der Waals surface area contributed by atoms with E-state index in [1.54, 1.807) is 78.9 Å². The number of allylic oxidation sites excluding steroid dienone is 4. The van der Waals surface area contributed by atoms with E-state index in [0.717, 1.165) is 17.0 Å². The fourth-order valence-electron chi connectivity index (χ4n) is 9.90. The summed E-state index contributed by atoms with van der Waals surface area (Å²) in [5.74, 6) is -7.28. The number of hydrogen-bond acceptors (Lipinski definition) is 11. The topological polar surface area (TPSA) is 190 Å². The summed E-state index contributed by atoms with van der Waals surface area (Å²) in [7, 11) is 4.25. The third-order valence-electron chi connectivity index (χ3n) is 12.1. The number of hydrogen-bond donors (Lipinski definition) is 1. The zero-order valence-corrected chi connectivity index (χ0v) is 31.0. The van der Waals surface area contributed by atoms with Crippen LogP contribution in [0.15, 0.2) is 109 Å². The number of fused-ring (bicyclic) bond motifs is 4. The first-order valence-corrected chi connectivity index (χ1v) is 18.3. The Morgan fingerprint density at radius 2 is 1.47 bits per heavy atom. The van der Waals surface area contributed by atoms with Crippen molar-refractivity contribution in [1.29, 1.82) is 0 Å². The van der Waals surface area contributed by atoms with E-state index in [9.17, 15) is 34.9 Å². The number of amides is 2. The van der Waals surface area contributed by atoms with E-state index in [1.807, 2.05) is 0 Å². The van der Waals surface area contributed by atoms with E-state index in [4.69, 9.17) is 4.74 Å². The Morgan fingerprint density at radius 3 is 2.07 bits per heavy atom. The SMILES string of the molecule is COc1cccc(O)c1[C@H]1C2=CC[C@@H]3C(=O)N(c4cc([N+](=O)[O-])c(N(C)C)c([N+](=O)[O-])c4)C(=O)[C@@H]3[C@@H]2C[C@H]2C(=O)C(c3ccccc3)=CC(=O)[C@@]12c1ccccc1. The van der Waals surface area contributed by atoms with Gasteiger partial charge in [-0.05, 0) is 48.1 Å². The first kappa shape index (κ1) is 37.0. The van der Waals surface area contributed by atoms with Gasteiger partial charge in [0.25, 0.3) is 0 Å². The average molecular weight is 769 g/mol. The quantitative estimate of drug-likeness (QED) is 0.0915. The lowest BCUT2D eigenvalue weighted by Crippen LogP contribution is -2.58. The standard InChI is InChI=1S/C43H36N4O10/c1-44(2)39-31(46(53)54)19-25(20-32(39)47(55)56)45-41(51)27-18-17-26-29(36(27)42(45)52)21-30-40(50)28(23-11-6-4-7-12-23)22-35(49)43(30,24-13-8-5-9-14-24)38(26)37-33(48)15-10-16-34(37)57-3/h4-17,19-20,22,27,29-30,36,38,48H,18,21H2,1-3H3/t27-,29+,30-,36-,38+,43-/m0/s1. The van der Waals surface area contributed by atoms with Gasteiger partial charge in [0.2, 0.25) is 11.8 Å². The number of benzene rings is 4. The van der Waals surface area contributed by atoms with Crippen molar-refractivity contribution in [2.24, 2.45) is 23.7 Å². The first-order valence-electron chi connectivity index (χ1n) is 18.3. The number of rotatable bonds is 8. The van der Waals surface area contributed by atoms with E-state index in [-0.39, 0.29) is 58.4 Å². The van der Waals surface area contributed by atoms with E-state index in [0.29, 0.717) is 16.7 Å². The molecule has 4 aromatic rings. The van der Waals surface area contributed by atoms with Crippen LogP contribution in [0.5, 0.6) is 11.5 Å². The molecule has 2 amide bonds. The van der Waals surface area contributed by atoms with Crippen LogP contribution >= 0.6 is 0 Å². The van der Waals surface area contributed by atoms with Gasteiger partial charge in [-0.15, -0.1) is 0 Å². The number of aromatic hydroxyl groups is 1. The summed E-state index contributed by atoms with van der Waals surface area (Å²) >= 11 is 0. The van der Waals surface area contributed by atoms with Gasteiger partial charge >= 0.3 is 11.4 Å². The van der Waals surface area contributed by atoms with Crippen molar-refractivity contribution < 1.29 is 38.9 Å². The smallest absolute Gasteiger partial charge is 0.301 e. The molecule has 57 heavy (non-hydrogen) atoms. The Morgan fingerprint density at radius 1 is 0.842 bits per heavy atom. The highest BCUT2D eigenvalue weighted by molar-refractivity contribution is 6.32. The highest BCUT2D eigenvalue weighted by Gasteiger charge is 2.66. The molecule has 1 aliphatic heterocycles. The summed E-state index contributed by atoms with van der Waals surface area (Å²) in [5.41, 5.74) is -1.56. The summed E-state index contributed by atoms with van der Waals surface area (Å²) in [6.07, 6.45) is 3.13. The number of nitro benzene ring substituents is 2. The first-order chi connectivity index (χ1) is 27.3. The van der Waals surface area contributed by atoms with Gasteiger partial charge in [-0.25, -0.2) is 4.90 Å². The molecule has 1 saturated carbocycles. The molecule has 1 saturated heterocycles. The van der Waals surface area contributed by atoms with Gasteiger partial charge in [0.1, 0.15) is 11.5 Å². The fourth-order valence-corrected chi connectivity index (χ4v) is 9.90. The maximum absolute atomic E-state index is 15.3. The van der Waals surface area contributed by atoms with Gasteiger partial charge in [0.15, 0.2) is 17.3 Å². The van der Waals surface area contributed by atoms with Crippen LogP contribution in [0.25, 0.3) is 5.57 Å². The van der Waals surface area contributed by atoms with Crippen molar-refractivity contribution in [3.63, 3.8) is 0 Å². The molecule has 4 aliphatic rings. The van der Waals surface area contributed by atoms with Crippen molar-refractivity contribution in [3.05, 3.63) is 146 Å². The highest BCUT2D eigenvalue weighted by atomic mass is 16.6. The molecule has 1 heterocycles. The molecule has 14 nitrogen and oxygen atoms in total. The van der Waals surface area contributed by atoms with Crippen molar-refractivity contribution in [2.45, 2.75) is 24.2 Å². The number of carbonyl (C=O) groups excluding carboxylic acids is 4. The van der Waals surface area contributed by atoms with Crippen LogP contribution in [-0.2, 0) is 24.6 Å². The summed E-state index contributed by atoms with van der Waals surface area (Å²) in [4.78, 5) is 84.5. The van der Waals surface area contributed by atoms with Crippen LogP contribution in [0.1, 0.15) is 35.4 Å². The molecular weight excluding hydrogens is 732 g/mol. The molecule has 4 aromatic carbocycles. The number of phenolic OH excluding ortho intramolecular Hbond substituents is 1. The Hall–Kier alpha value is -6.96. The second kappa shape index (κ2) is 13.7. The largest absolute Gasteiger partial charge is 0.508 e. The maximum Gasteiger partial charge on any atom is 0.301 e. The number of nitro groups is 2. The van der Waals surface area contributed by atoms with Gasteiger partial charge in [-0.1, -0.05) is 78.4 Å². The molecule has 3 aliphatic carbocycles. The number of ketones is 2. The van der Waals surface area contributed by atoms with Gasteiger partial charge in [0, 0.05) is 49.2 Å². The van der Waals surface area contributed by atoms with E-state index < -0.39 is 68.0 Å². The normalized spacial score (nSPS) is 25.2. The molecular formula is C43H36N4O10. The lowest BCUT2D eigenvalue weighted by Gasteiger charge is -2.55. The van der Waals surface area contributed by atoms with E-state index in [2.05, 4.69) is 0 Å². The Labute approximate surface area is 326 Å². The number of nitrogens with zero attached hydrogens (tertiary/aromatic N) is 4. The minimum atomic E-state index is -1.63. The Bertz CT molecular complexity index is 2440. The number of methoxy groups -OCH3 is 1. The number of Topliss-reactive ketones (excluding diaryl/α,β-unsaturated/α-hetero) is 1. The summed E-state index contributed by atoms with van der Waals surface area (Å²) < 4.78 is 5.82. The predicted molar refractivity (Wildman–Crippen MR) is 208 cm³/mol. The second-order valence-corrected chi connectivity index (χ2v) is 14.9. The number of imide groups is 1. The highest BCUT2D eigenvalue weighted by Crippen LogP contribution is 2.65. The summed E-state index contributed by atoms with van der Waals surface area (Å²) in [5, 5.41) is 36.2. The number of ether oxygens (including phenoxy) is 1. The molecule has 0 radical (unpaired) electrons. The van der Waals surface area contributed by atoms with Crippen molar-refractivity contribution in [1.82, 2.24) is 0 Å². The molecule has 0 unspecified atom stereocenters. The second-order valence-electron chi connectivity index (χ2n) is 14.9. The minimum absolute atomic E-state index is 0.00668. The monoisotopic (exact) mass is 768 g/mol. The third kappa shape index (κ3) is 5.38. The Balaban J connectivity index is 1.36. The maximum atomic E-state index is 15.3. The predicted octanol–water partition coefficient (Wildman–Crippen LogP) is 6.31. The molecule has 14 heteroatoms. The summed E-state index contributed by atoms with van der Waals surface area (Å²) in [6.45, 7) is 0. The van der Waals surface area contributed by atoms with Crippen molar-refractivity contribution in [3.8, 4) is 11.5 Å². The molecule has 8 rings (SSSR count). The zero-order valence-electron chi connectivity index (χ0n) is 31.0. The third-order valence-corrected chi connectivity index (χ3v) is 12.1. The van der Waals surface area contributed by atoms with Gasteiger partial charge in [-0.3, -0.25) is 39.4 Å². The summed E-state index contributed by atoms with van der Waals surface area (Å²) in [6, 6.07) is 24.3. The molecule has 288 valence electrons. The van der Waals surface area contributed by atoms with Crippen molar-refractivity contribution in [2.75, 3.05) is 31.0 Å². The number of carbonyl (C=O) groups is 4. The molecule has 2 fully saturated rings. The number of anilines is 2. The van der Waals surface area contributed by atoms with Crippen LogP contribution in [0.4, 0.5) is 22.7 Å². The van der Waals surface area contributed by atoms with Gasteiger partial charge in [-0.2, -0.15) is 0 Å². The van der Waals surface area contributed by atoms with Gasteiger partial charge < -0.3 is 14.7 Å². The Kier molecular flexibility index (Phi) is 8.86. The molecule has 0 bridgehead atoms. The van der Waals surface area contributed by atoms with Crippen molar-refractivity contribution >= 4 is 51.7 Å². The van der Waals surface area contributed by atoms with Crippen LogP contribution in [0, 0.1) is 43.9 Å². The van der Waals surface area contributed by atoms with Crippen LogP contribution in [-0.4, -0.2) is 59.5 Å². The molecule has 6 atom stereocenters. The van der Waals surface area contributed by atoms with Crippen LogP contribution in [0.2, 0.25) is 0 Å². The number of phenols is 1. The van der Waals surface area contributed by atoms with Crippen LogP contribution < -0.4 is 14.5 Å². The van der Waals surface area contributed by atoms with Crippen LogP contribution in [0.3, 0.4) is 0 Å². The van der Waals surface area contributed by atoms with Gasteiger partial charge in [0.05, 0.1) is 39.9 Å². The fraction of sp³-hybridized carbons (Fsp3) is 0.256. The molecule has 1 N–H and O–H groups in total. The van der Waals surface area contributed by atoms with E-state index >= 15 is 9.59 Å². The zero-order chi connectivity index (χ0) is 40.5. The molecule has 0 aromatic heterocycles. The molecule has 0 spiro atoms. The average Bonchev–Trinajstić information content (AvgIpc) is 3.47. The van der Waals surface area contributed by atoms with E-state index in [1.165, 1.54) is 38.2 Å².